The Morgan fingerprint density at radius 3 is 2.86 bits per heavy atom. The van der Waals surface area contributed by atoms with E-state index in [-0.39, 0.29) is 18.1 Å². The molecule has 9 heteroatoms. The van der Waals surface area contributed by atoms with Gasteiger partial charge in [-0.15, -0.1) is 0 Å². The van der Waals surface area contributed by atoms with Gasteiger partial charge >= 0.3 is 17.9 Å². The van der Waals surface area contributed by atoms with Gasteiger partial charge in [-0.05, 0) is 6.07 Å². The van der Waals surface area contributed by atoms with Crippen molar-refractivity contribution >= 4 is 11.9 Å². The lowest BCUT2D eigenvalue weighted by atomic mass is 10.1. The van der Waals surface area contributed by atoms with Crippen LogP contribution in [0.1, 0.15) is 20.1 Å². The summed E-state index contributed by atoms with van der Waals surface area (Å²) < 4.78 is 23.3. The SMILES string of the molecule is CC(=O)OC[C@H]1O[C@@H]2[C@H](Oc3nc(=N)ccn32)[C@H]1OC(C)=O. The molecule has 0 saturated carbocycles. The third-order valence-electron chi connectivity index (χ3n) is 3.38. The van der Waals surface area contributed by atoms with Gasteiger partial charge in [-0.1, -0.05) is 0 Å². The summed E-state index contributed by atoms with van der Waals surface area (Å²) in [5.74, 6) is -0.933. The van der Waals surface area contributed by atoms with Gasteiger partial charge in [0.1, 0.15) is 12.7 Å². The lowest BCUT2D eigenvalue weighted by molar-refractivity contribution is -0.157. The van der Waals surface area contributed by atoms with Gasteiger partial charge in [0.15, 0.2) is 23.9 Å². The molecule has 22 heavy (non-hydrogen) atoms. The van der Waals surface area contributed by atoms with Gasteiger partial charge in [0.05, 0.1) is 0 Å². The van der Waals surface area contributed by atoms with E-state index in [0.29, 0.717) is 0 Å². The van der Waals surface area contributed by atoms with Crippen LogP contribution in [0.15, 0.2) is 12.3 Å². The zero-order valence-electron chi connectivity index (χ0n) is 12.0. The smallest absolute Gasteiger partial charge is 0.303 e. The molecular weight excluding hydrogens is 294 g/mol. The molecule has 1 saturated heterocycles. The first-order valence-electron chi connectivity index (χ1n) is 6.72. The molecule has 2 aliphatic rings. The molecule has 0 spiro atoms. The number of hydrogen-bond acceptors (Lipinski definition) is 8. The van der Waals surface area contributed by atoms with Crippen molar-refractivity contribution in [2.45, 2.75) is 38.4 Å². The van der Waals surface area contributed by atoms with Crippen LogP contribution in [-0.2, 0) is 23.8 Å². The number of fused-ring (bicyclic) bond motifs is 3. The second-order valence-electron chi connectivity index (χ2n) is 5.03. The fourth-order valence-corrected chi connectivity index (χ4v) is 2.54. The van der Waals surface area contributed by atoms with Crippen LogP contribution in [0, 0.1) is 5.41 Å². The lowest BCUT2D eigenvalue weighted by Crippen LogP contribution is -2.39. The highest BCUT2D eigenvalue weighted by molar-refractivity contribution is 5.66. The highest BCUT2D eigenvalue weighted by Crippen LogP contribution is 2.40. The summed E-state index contributed by atoms with van der Waals surface area (Å²) in [6, 6.07) is 1.73. The molecule has 0 bridgehead atoms. The van der Waals surface area contributed by atoms with Gasteiger partial charge in [0.25, 0.3) is 0 Å². The molecule has 3 rings (SSSR count). The Kier molecular flexibility index (Phi) is 3.57. The van der Waals surface area contributed by atoms with Gasteiger partial charge in [0.2, 0.25) is 0 Å². The van der Waals surface area contributed by atoms with E-state index < -0.39 is 36.5 Å². The summed E-state index contributed by atoms with van der Waals surface area (Å²) in [6.45, 7) is 2.53. The predicted molar refractivity (Wildman–Crippen MR) is 68.6 cm³/mol. The maximum absolute atomic E-state index is 11.3. The highest BCUT2D eigenvalue weighted by Gasteiger charge is 2.54. The molecule has 1 aromatic rings. The van der Waals surface area contributed by atoms with E-state index in [1.807, 2.05) is 0 Å². The first kappa shape index (κ1) is 14.5. The van der Waals surface area contributed by atoms with Crippen molar-refractivity contribution in [2.75, 3.05) is 6.61 Å². The van der Waals surface area contributed by atoms with Crippen molar-refractivity contribution in [3.8, 4) is 6.01 Å². The second kappa shape index (κ2) is 5.41. The minimum absolute atomic E-state index is 0.0382. The minimum atomic E-state index is -0.724. The average molecular weight is 309 g/mol. The van der Waals surface area contributed by atoms with E-state index in [1.54, 1.807) is 10.8 Å². The molecule has 0 aliphatic carbocycles. The topological polar surface area (TPSA) is 113 Å². The molecular formula is C13H15N3O6. The normalized spacial score (nSPS) is 28.5. The van der Waals surface area contributed by atoms with Gasteiger partial charge in [-0.3, -0.25) is 19.6 Å². The predicted octanol–water partition coefficient (Wildman–Crippen LogP) is -0.484. The molecule has 0 aromatic carbocycles. The van der Waals surface area contributed by atoms with Crippen molar-refractivity contribution < 1.29 is 28.5 Å². The third kappa shape index (κ3) is 2.54. The molecule has 1 fully saturated rings. The van der Waals surface area contributed by atoms with Crippen LogP contribution in [-0.4, -0.2) is 46.4 Å². The van der Waals surface area contributed by atoms with Crippen LogP contribution in [0.25, 0.3) is 0 Å². The van der Waals surface area contributed by atoms with E-state index in [2.05, 4.69) is 4.98 Å². The largest absolute Gasteiger partial charge is 0.463 e. The Balaban J connectivity index is 1.84. The molecule has 118 valence electrons. The van der Waals surface area contributed by atoms with E-state index in [0.717, 1.165) is 0 Å². The minimum Gasteiger partial charge on any atom is -0.463 e. The summed E-state index contributed by atoms with van der Waals surface area (Å²) in [6.07, 6.45) is -0.877. The fourth-order valence-electron chi connectivity index (χ4n) is 2.54. The summed E-state index contributed by atoms with van der Waals surface area (Å²) in [5.41, 5.74) is 0.0618. The number of nitrogens with zero attached hydrogens (tertiary/aromatic N) is 2. The Labute approximate surface area is 125 Å². The van der Waals surface area contributed by atoms with Crippen LogP contribution in [0.5, 0.6) is 6.01 Å². The van der Waals surface area contributed by atoms with E-state index in [9.17, 15) is 9.59 Å². The molecule has 1 N–H and O–H groups in total. The van der Waals surface area contributed by atoms with Crippen LogP contribution in [0.4, 0.5) is 0 Å². The quantitative estimate of drug-likeness (QED) is 0.750. The number of rotatable bonds is 3. The molecule has 3 heterocycles. The van der Waals surface area contributed by atoms with Crippen molar-refractivity contribution in [1.29, 1.82) is 5.41 Å². The van der Waals surface area contributed by atoms with Crippen molar-refractivity contribution in [3.05, 3.63) is 17.8 Å². The number of aromatic nitrogens is 2. The number of ether oxygens (including phenoxy) is 4. The Hall–Kier alpha value is -2.42. The Bertz CT molecular complexity index is 672. The van der Waals surface area contributed by atoms with E-state index in [4.69, 9.17) is 24.4 Å². The maximum atomic E-state index is 11.3. The first-order valence-corrected chi connectivity index (χ1v) is 6.72. The zero-order valence-corrected chi connectivity index (χ0v) is 12.0. The number of carbonyl (C=O) groups excluding carboxylic acids is 2. The van der Waals surface area contributed by atoms with Crippen LogP contribution < -0.4 is 10.2 Å². The summed E-state index contributed by atoms with van der Waals surface area (Å²) in [7, 11) is 0. The van der Waals surface area contributed by atoms with E-state index in [1.165, 1.54) is 19.9 Å². The third-order valence-corrected chi connectivity index (χ3v) is 3.38. The van der Waals surface area contributed by atoms with Gasteiger partial charge in [-0.25, -0.2) is 0 Å². The Morgan fingerprint density at radius 1 is 1.41 bits per heavy atom. The molecule has 0 radical (unpaired) electrons. The average Bonchev–Trinajstić information content (AvgIpc) is 2.92. The van der Waals surface area contributed by atoms with Gasteiger partial charge < -0.3 is 18.9 Å². The number of hydrogen-bond donors (Lipinski definition) is 1. The molecule has 2 aliphatic heterocycles. The number of nitrogens with one attached hydrogen (secondary N) is 1. The monoisotopic (exact) mass is 309 g/mol. The zero-order chi connectivity index (χ0) is 15.9. The van der Waals surface area contributed by atoms with Crippen LogP contribution >= 0.6 is 0 Å². The second-order valence-corrected chi connectivity index (χ2v) is 5.03. The number of carbonyl (C=O) groups is 2. The summed E-state index contributed by atoms with van der Waals surface area (Å²) in [5, 5.41) is 7.50. The van der Waals surface area contributed by atoms with Crippen molar-refractivity contribution in [3.63, 3.8) is 0 Å². The van der Waals surface area contributed by atoms with Crippen LogP contribution in [0.3, 0.4) is 0 Å². The molecule has 9 nitrogen and oxygen atoms in total. The van der Waals surface area contributed by atoms with Crippen LogP contribution in [0.2, 0.25) is 0 Å². The first-order chi connectivity index (χ1) is 10.5. The molecule has 4 atom stereocenters. The molecule has 1 aromatic heterocycles. The Morgan fingerprint density at radius 2 is 2.18 bits per heavy atom. The van der Waals surface area contributed by atoms with Crippen molar-refractivity contribution in [1.82, 2.24) is 9.55 Å². The highest BCUT2D eigenvalue weighted by atomic mass is 16.7. The van der Waals surface area contributed by atoms with Gasteiger partial charge in [-0.2, -0.15) is 4.98 Å². The van der Waals surface area contributed by atoms with Crippen molar-refractivity contribution in [2.24, 2.45) is 0 Å². The molecule has 0 unspecified atom stereocenters. The fraction of sp³-hybridized carbons (Fsp3) is 0.538. The summed E-state index contributed by atoms with van der Waals surface area (Å²) >= 11 is 0. The number of esters is 2. The van der Waals surface area contributed by atoms with E-state index >= 15 is 0 Å². The maximum Gasteiger partial charge on any atom is 0.303 e. The lowest BCUT2D eigenvalue weighted by Gasteiger charge is -2.20. The molecule has 0 amide bonds. The van der Waals surface area contributed by atoms with Gasteiger partial charge in [0, 0.05) is 20.0 Å². The standard InChI is InChI=1S/C13H15N3O6/c1-6(17)19-5-8-10(20-7(2)18)11-12(21-8)16-4-3-9(14)15-13(16)22-11/h3-4,8,10-12,14H,5H2,1-2H3/t8-,10+,11-,12-/m1/s1. The summed E-state index contributed by atoms with van der Waals surface area (Å²) in [4.78, 5) is 26.2.